The van der Waals surface area contributed by atoms with Gasteiger partial charge in [0.1, 0.15) is 11.6 Å². The summed E-state index contributed by atoms with van der Waals surface area (Å²) in [6.07, 6.45) is 12.6. The van der Waals surface area contributed by atoms with Gasteiger partial charge in [-0.15, -0.1) is 0 Å². The zero-order valence-electron chi connectivity index (χ0n) is 33.7. The first-order valence-corrected chi connectivity index (χ1v) is 26.0. The fourth-order valence-electron chi connectivity index (χ4n) is 7.87. The van der Waals surface area contributed by atoms with E-state index in [1.807, 2.05) is 23.5 Å². The van der Waals surface area contributed by atoms with Crippen LogP contribution in [0.2, 0.25) is 0 Å². The van der Waals surface area contributed by atoms with E-state index in [1.165, 1.54) is 0 Å². The number of aliphatic hydroxyl groups is 1. The van der Waals surface area contributed by atoms with E-state index in [9.17, 15) is 43.2 Å². The fraction of sp³-hybridized carbons (Fsp3) is 0.892. The molecule has 0 saturated carbocycles. The van der Waals surface area contributed by atoms with Gasteiger partial charge in [0.05, 0.1) is 44.0 Å². The van der Waals surface area contributed by atoms with Crippen LogP contribution >= 0.6 is 39.2 Å². The van der Waals surface area contributed by atoms with E-state index < -0.39 is 27.5 Å². The van der Waals surface area contributed by atoms with Crippen LogP contribution in [0.4, 0.5) is 9.59 Å². The van der Waals surface area contributed by atoms with Crippen LogP contribution in [0.3, 0.4) is 0 Å². The van der Waals surface area contributed by atoms with Crippen LogP contribution in [0.1, 0.15) is 116 Å². The molecule has 0 bridgehead atoms. The summed E-state index contributed by atoms with van der Waals surface area (Å²) in [5, 5.41) is 22.5. The van der Waals surface area contributed by atoms with Crippen molar-refractivity contribution in [1.82, 2.24) is 21.3 Å². The van der Waals surface area contributed by atoms with Crippen molar-refractivity contribution in [3.05, 3.63) is 0 Å². The maximum absolute atomic E-state index is 12.7. The Hall–Kier alpha value is -1.24. The number of phosphoric acid groups is 2. The van der Waals surface area contributed by atoms with Gasteiger partial charge in [0, 0.05) is 73.2 Å². The Morgan fingerprint density at radius 2 is 1.05 bits per heavy atom. The second kappa shape index (κ2) is 25.6. The SMILES string of the molecule is COP(=O)(O)OCC(CCCCCC(=O)CCCCC1SCC2NC(=O)NC21)COP(=O)(O)OCC(CO)CCCCCC(=O)CCCCC1SCC2NC(=O)NC21. The number of rotatable bonds is 33. The minimum atomic E-state index is -4.52. The zero-order chi connectivity index (χ0) is 42.0. The number of unbranched alkanes of at least 4 members (excludes halogenated alkanes) is 6. The number of Topliss-reactive ketones (excluding diaryl/α,β-unsaturated/α-hetero) is 2. The number of phosphoric ester groups is 2. The third-order valence-electron chi connectivity index (χ3n) is 11.3. The Kier molecular flexibility index (Phi) is 21.8. The number of fused-ring (bicyclic) bond motifs is 2. The van der Waals surface area contributed by atoms with E-state index in [1.54, 1.807) is 0 Å². The molecule has 7 N–H and O–H groups in total. The third kappa shape index (κ3) is 18.0. The average molecular weight is 901 g/mol. The summed E-state index contributed by atoms with van der Waals surface area (Å²) >= 11 is 3.74. The van der Waals surface area contributed by atoms with E-state index >= 15 is 0 Å². The lowest BCUT2D eigenvalue weighted by Crippen LogP contribution is -2.36. The van der Waals surface area contributed by atoms with Crippen molar-refractivity contribution in [2.75, 3.05) is 45.0 Å². The molecule has 0 aliphatic carbocycles. The van der Waals surface area contributed by atoms with Gasteiger partial charge in [-0.3, -0.25) is 27.7 Å². The molecule has 0 aromatic rings. The molecule has 0 aromatic carbocycles. The second-order valence-electron chi connectivity index (χ2n) is 15.9. The normalized spacial score (nSPS) is 26.8. The van der Waals surface area contributed by atoms with Gasteiger partial charge < -0.3 is 36.2 Å². The summed E-state index contributed by atoms with van der Waals surface area (Å²) < 4.78 is 44.6. The summed E-state index contributed by atoms with van der Waals surface area (Å²) in [5.41, 5.74) is 0. The fourth-order valence-corrected chi connectivity index (χ4v) is 12.3. The molecule has 4 amide bonds. The van der Waals surface area contributed by atoms with Gasteiger partial charge in [0.15, 0.2) is 0 Å². The Labute approximate surface area is 351 Å². The van der Waals surface area contributed by atoms with Crippen LogP contribution in [0.5, 0.6) is 0 Å². The first-order valence-electron chi connectivity index (χ1n) is 20.9. The number of nitrogens with one attached hydrogen (secondary N) is 4. The van der Waals surface area contributed by atoms with Gasteiger partial charge in [0.25, 0.3) is 0 Å². The summed E-state index contributed by atoms with van der Waals surface area (Å²) in [6, 6.07) is 0.554. The molecule has 334 valence electrons. The monoisotopic (exact) mass is 900 g/mol. The Morgan fingerprint density at radius 1 is 0.638 bits per heavy atom. The van der Waals surface area contributed by atoms with Crippen LogP contribution in [0.15, 0.2) is 0 Å². The van der Waals surface area contributed by atoms with Gasteiger partial charge in [0.2, 0.25) is 0 Å². The molecule has 10 unspecified atom stereocenters. The highest BCUT2D eigenvalue weighted by atomic mass is 32.2. The van der Waals surface area contributed by atoms with Crippen LogP contribution in [-0.2, 0) is 36.8 Å². The largest absolute Gasteiger partial charge is 0.472 e. The number of carbonyl (C=O) groups is 4. The second-order valence-corrected chi connectivity index (χ2v) is 21.5. The Morgan fingerprint density at radius 3 is 1.50 bits per heavy atom. The highest BCUT2D eigenvalue weighted by molar-refractivity contribution is 8.00. The van der Waals surface area contributed by atoms with Crippen molar-refractivity contribution >= 4 is 62.8 Å². The minimum absolute atomic E-state index is 0.0909. The molecular formula is C37H66N4O13P2S2. The van der Waals surface area contributed by atoms with E-state index in [2.05, 4.69) is 25.8 Å². The Bertz CT molecular complexity index is 1420. The van der Waals surface area contributed by atoms with Gasteiger partial charge in [-0.25, -0.2) is 18.7 Å². The molecule has 4 rings (SSSR count). The molecule has 21 heteroatoms. The molecule has 0 radical (unpaired) electrons. The molecule has 17 nitrogen and oxygen atoms in total. The van der Waals surface area contributed by atoms with Crippen molar-refractivity contribution in [2.24, 2.45) is 11.8 Å². The van der Waals surface area contributed by atoms with Gasteiger partial charge in [-0.05, 0) is 51.4 Å². The summed E-state index contributed by atoms with van der Waals surface area (Å²) in [6.45, 7) is -1.00. The Balaban J connectivity index is 1.03. The molecule has 4 saturated heterocycles. The lowest BCUT2D eigenvalue weighted by atomic mass is 9.99. The zero-order valence-corrected chi connectivity index (χ0v) is 37.1. The van der Waals surface area contributed by atoms with Gasteiger partial charge in [-0.2, -0.15) is 23.5 Å². The summed E-state index contributed by atoms with van der Waals surface area (Å²) in [5.74, 6) is 1.33. The predicted molar refractivity (Wildman–Crippen MR) is 223 cm³/mol. The van der Waals surface area contributed by atoms with E-state index in [-0.39, 0.29) is 74.2 Å². The van der Waals surface area contributed by atoms with Gasteiger partial charge in [-0.1, -0.05) is 38.5 Å². The topological polar surface area (TPSA) is 248 Å². The minimum Gasteiger partial charge on any atom is -0.396 e. The van der Waals surface area contributed by atoms with E-state index in [4.69, 9.17) is 13.6 Å². The average Bonchev–Trinajstić information content (AvgIpc) is 3.95. The lowest BCUT2D eigenvalue weighted by molar-refractivity contribution is -0.120. The van der Waals surface area contributed by atoms with Crippen LogP contribution in [0.25, 0.3) is 0 Å². The number of hydrogen-bond donors (Lipinski definition) is 7. The smallest absolute Gasteiger partial charge is 0.396 e. The lowest BCUT2D eigenvalue weighted by Gasteiger charge is -2.21. The first-order chi connectivity index (χ1) is 27.8. The first kappa shape index (κ1) is 49.4. The number of carbonyl (C=O) groups excluding carboxylic acids is 4. The molecule has 4 aliphatic rings. The summed E-state index contributed by atoms with van der Waals surface area (Å²) in [4.78, 5) is 68.1. The third-order valence-corrected chi connectivity index (χ3v) is 16.2. The number of amides is 4. The number of hydrogen-bond acceptors (Lipinski definition) is 13. The van der Waals surface area contributed by atoms with Crippen molar-refractivity contribution in [1.29, 1.82) is 0 Å². The van der Waals surface area contributed by atoms with Crippen molar-refractivity contribution < 1.29 is 61.3 Å². The number of thioether (sulfide) groups is 2. The predicted octanol–water partition coefficient (Wildman–Crippen LogP) is 5.60. The molecule has 4 aliphatic heterocycles. The van der Waals surface area contributed by atoms with Crippen molar-refractivity contribution in [2.45, 2.75) is 150 Å². The molecular weight excluding hydrogens is 835 g/mol. The molecule has 4 fully saturated rings. The quantitative estimate of drug-likeness (QED) is 0.0241. The maximum Gasteiger partial charge on any atom is 0.472 e. The summed E-state index contributed by atoms with van der Waals surface area (Å²) in [7, 11) is -7.78. The maximum atomic E-state index is 12.7. The van der Waals surface area contributed by atoms with Gasteiger partial charge >= 0.3 is 27.7 Å². The van der Waals surface area contributed by atoms with Crippen LogP contribution in [0, 0.1) is 11.8 Å². The van der Waals surface area contributed by atoms with Crippen molar-refractivity contribution in [3.8, 4) is 0 Å². The number of aliphatic hydroxyl groups excluding tert-OH is 1. The van der Waals surface area contributed by atoms with E-state index in [0.29, 0.717) is 74.7 Å². The number of ketones is 2. The molecule has 0 aromatic heterocycles. The highest BCUT2D eigenvalue weighted by Crippen LogP contribution is 2.46. The van der Waals surface area contributed by atoms with Crippen LogP contribution < -0.4 is 21.3 Å². The standard InChI is InChI=1S/C37H66N4O13P2S2/c1-51-55(47,48)52-22-27(13-5-3-7-15-29(44)17-9-11-19-33-35-31(25-58-33)39-37(46)41-35)23-54-56(49,50)53-21-26(20-42)12-4-2-6-14-28(43)16-8-10-18-32-34-30(24-57-32)38-36(45)40-34/h26-27,30-35,42H,2-25H2,1H3,(H,47,48)(H,49,50)(H2,38,40,45)(H2,39,41,46). The molecule has 4 heterocycles. The molecule has 0 spiro atoms. The highest BCUT2D eigenvalue weighted by Gasteiger charge is 2.43. The van der Waals surface area contributed by atoms with Crippen molar-refractivity contribution in [3.63, 3.8) is 0 Å². The van der Waals surface area contributed by atoms with Crippen LogP contribution in [-0.4, -0.2) is 118 Å². The molecule has 10 atom stereocenters. The molecule has 58 heavy (non-hydrogen) atoms. The number of urea groups is 2. The van der Waals surface area contributed by atoms with E-state index in [0.717, 1.165) is 70.0 Å².